The Morgan fingerprint density at radius 3 is 2.38 bits per heavy atom. The Balaban J connectivity index is 1.45. The van der Waals surface area contributed by atoms with Gasteiger partial charge < -0.3 is 25.2 Å². The van der Waals surface area contributed by atoms with Crippen LogP contribution >= 0.6 is 23.2 Å². The van der Waals surface area contributed by atoms with Crippen molar-refractivity contribution in [3.8, 4) is 0 Å². The molecule has 2 aliphatic heterocycles. The van der Waals surface area contributed by atoms with Crippen LogP contribution in [0.25, 0.3) is 0 Å². The molecule has 2 fully saturated rings. The van der Waals surface area contributed by atoms with Crippen LogP contribution in [0.5, 0.6) is 0 Å². The lowest BCUT2D eigenvalue weighted by atomic mass is 9.99. The molecular weight excluding hydrogens is 479 g/mol. The number of urea groups is 1. The summed E-state index contributed by atoms with van der Waals surface area (Å²) in [6.07, 6.45) is 1.34. The van der Waals surface area contributed by atoms with E-state index in [0.717, 1.165) is 0 Å². The van der Waals surface area contributed by atoms with Crippen molar-refractivity contribution in [2.24, 2.45) is 0 Å². The third-order valence-electron chi connectivity index (χ3n) is 6.08. The van der Waals surface area contributed by atoms with E-state index in [9.17, 15) is 14.4 Å². The van der Waals surface area contributed by atoms with Crippen molar-refractivity contribution in [1.82, 2.24) is 15.1 Å². The maximum absolute atomic E-state index is 13.5. The fourth-order valence-electron chi connectivity index (χ4n) is 4.31. The first-order valence-corrected chi connectivity index (χ1v) is 11.9. The standard InChI is InChI=1S/C24H26Cl2N4O4/c25-16-5-7-17(8-6-16)27-24(33)28-22(19-3-1-2-4-20(19)26)23(32)29-11-9-18(10-12-29)30-13-14-34-15-21(30)31/h1-8,18,22H,9-15H2,(H2,27,28,33). The first-order chi connectivity index (χ1) is 16.4. The molecule has 1 unspecified atom stereocenters. The highest BCUT2D eigenvalue weighted by atomic mass is 35.5. The van der Waals surface area contributed by atoms with Crippen LogP contribution in [-0.4, -0.2) is 66.5 Å². The zero-order valence-corrected chi connectivity index (χ0v) is 20.0. The van der Waals surface area contributed by atoms with Gasteiger partial charge in [0.1, 0.15) is 12.6 Å². The normalized spacial score (nSPS) is 17.9. The third-order valence-corrected chi connectivity index (χ3v) is 6.68. The molecule has 0 saturated carbocycles. The van der Waals surface area contributed by atoms with E-state index in [1.807, 2.05) is 4.90 Å². The molecule has 2 heterocycles. The van der Waals surface area contributed by atoms with Crippen molar-refractivity contribution in [2.45, 2.75) is 24.9 Å². The van der Waals surface area contributed by atoms with E-state index >= 15 is 0 Å². The van der Waals surface area contributed by atoms with Crippen molar-refractivity contribution in [3.63, 3.8) is 0 Å². The second kappa shape index (κ2) is 11.1. The van der Waals surface area contributed by atoms with Gasteiger partial charge >= 0.3 is 6.03 Å². The number of ether oxygens (including phenoxy) is 1. The maximum atomic E-state index is 13.5. The zero-order chi connectivity index (χ0) is 24.1. The number of morpholine rings is 1. The maximum Gasteiger partial charge on any atom is 0.320 e. The number of piperidine rings is 1. The highest BCUT2D eigenvalue weighted by Crippen LogP contribution is 2.27. The van der Waals surface area contributed by atoms with Crippen LogP contribution in [0, 0.1) is 0 Å². The Hall–Kier alpha value is -2.81. The van der Waals surface area contributed by atoms with Gasteiger partial charge in [-0.2, -0.15) is 0 Å². The van der Waals surface area contributed by atoms with E-state index in [2.05, 4.69) is 10.6 Å². The fraction of sp³-hybridized carbons (Fsp3) is 0.375. The first-order valence-electron chi connectivity index (χ1n) is 11.2. The second-order valence-corrected chi connectivity index (χ2v) is 9.10. The van der Waals surface area contributed by atoms with Crippen LogP contribution in [0.1, 0.15) is 24.4 Å². The Kier molecular flexibility index (Phi) is 7.92. The number of carbonyl (C=O) groups excluding carboxylic acids is 3. The van der Waals surface area contributed by atoms with Crippen LogP contribution in [-0.2, 0) is 14.3 Å². The third kappa shape index (κ3) is 5.81. The number of nitrogens with zero attached hydrogens (tertiary/aromatic N) is 2. The van der Waals surface area contributed by atoms with Gasteiger partial charge in [0.25, 0.3) is 0 Å². The molecule has 10 heteroatoms. The van der Waals surface area contributed by atoms with Gasteiger partial charge in [-0.25, -0.2) is 4.79 Å². The molecule has 2 aromatic rings. The molecule has 0 spiro atoms. The van der Waals surface area contributed by atoms with Gasteiger partial charge in [0.15, 0.2) is 0 Å². The highest BCUT2D eigenvalue weighted by Gasteiger charge is 2.34. The van der Waals surface area contributed by atoms with Gasteiger partial charge in [0, 0.05) is 47.0 Å². The number of carbonyl (C=O) groups is 3. The molecule has 0 bridgehead atoms. The fourth-order valence-corrected chi connectivity index (χ4v) is 4.68. The van der Waals surface area contributed by atoms with Gasteiger partial charge in [-0.3, -0.25) is 9.59 Å². The Morgan fingerprint density at radius 1 is 1.00 bits per heavy atom. The summed E-state index contributed by atoms with van der Waals surface area (Å²) in [4.78, 5) is 42.0. The monoisotopic (exact) mass is 504 g/mol. The molecule has 0 aromatic heterocycles. The zero-order valence-electron chi connectivity index (χ0n) is 18.5. The number of hydrogen-bond acceptors (Lipinski definition) is 4. The van der Waals surface area contributed by atoms with Crippen LogP contribution in [0.3, 0.4) is 0 Å². The molecule has 34 heavy (non-hydrogen) atoms. The van der Waals surface area contributed by atoms with Crippen molar-refractivity contribution >= 4 is 46.7 Å². The molecule has 4 amide bonds. The van der Waals surface area contributed by atoms with E-state index < -0.39 is 12.1 Å². The number of anilines is 1. The number of rotatable bonds is 5. The summed E-state index contributed by atoms with van der Waals surface area (Å²) >= 11 is 12.3. The van der Waals surface area contributed by atoms with Crippen molar-refractivity contribution in [2.75, 3.05) is 38.2 Å². The first kappa shape index (κ1) is 24.3. The average molecular weight is 505 g/mol. The number of nitrogens with one attached hydrogen (secondary N) is 2. The Bertz CT molecular complexity index is 1040. The average Bonchev–Trinajstić information content (AvgIpc) is 2.85. The van der Waals surface area contributed by atoms with Crippen molar-refractivity contribution in [3.05, 3.63) is 64.1 Å². The van der Waals surface area contributed by atoms with Crippen LogP contribution < -0.4 is 10.6 Å². The summed E-state index contributed by atoms with van der Waals surface area (Å²) in [7, 11) is 0. The van der Waals surface area contributed by atoms with E-state index in [-0.39, 0.29) is 24.5 Å². The summed E-state index contributed by atoms with van der Waals surface area (Å²) < 4.78 is 5.22. The molecule has 2 aromatic carbocycles. The summed E-state index contributed by atoms with van der Waals surface area (Å²) in [5.41, 5.74) is 1.06. The second-order valence-electron chi connectivity index (χ2n) is 8.26. The van der Waals surface area contributed by atoms with Crippen molar-refractivity contribution in [1.29, 1.82) is 0 Å². The molecule has 180 valence electrons. The smallest absolute Gasteiger partial charge is 0.320 e. The number of halogens is 2. The van der Waals surface area contributed by atoms with Crippen LogP contribution in [0.15, 0.2) is 48.5 Å². The molecule has 8 nitrogen and oxygen atoms in total. The predicted molar refractivity (Wildman–Crippen MR) is 130 cm³/mol. The van der Waals surface area contributed by atoms with Gasteiger partial charge in [-0.1, -0.05) is 41.4 Å². The molecule has 4 rings (SSSR count). The quantitative estimate of drug-likeness (QED) is 0.649. The molecule has 2 aliphatic rings. The molecule has 1 atom stereocenters. The molecular formula is C24H26Cl2N4O4. The lowest BCUT2D eigenvalue weighted by Gasteiger charge is -2.40. The van der Waals surface area contributed by atoms with Gasteiger partial charge in [-0.15, -0.1) is 0 Å². The molecule has 0 radical (unpaired) electrons. The summed E-state index contributed by atoms with van der Waals surface area (Å²) in [6, 6.07) is 12.2. The van der Waals surface area contributed by atoms with E-state index in [1.165, 1.54) is 0 Å². The lowest BCUT2D eigenvalue weighted by Crippen LogP contribution is -2.54. The molecule has 2 saturated heterocycles. The minimum absolute atomic E-state index is 0.00879. The van der Waals surface area contributed by atoms with Crippen LogP contribution in [0.2, 0.25) is 10.0 Å². The summed E-state index contributed by atoms with van der Waals surface area (Å²) in [5.74, 6) is -0.253. The topological polar surface area (TPSA) is 91.0 Å². The SMILES string of the molecule is O=C(Nc1ccc(Cl)cc1)NC(C(=O)N1CCC(N2CCOCC2=O)CC1)c1ccccc1Cl. The minimum atomic E-state index is -0.956. The predicted octanol–water partition coefficient (Wildman–Crippen LogP) is 3.71. The minimum Gasteiger partial charge on any atom is -0.370 e. The van der Waals surface area contributed by atoms with Gasteiger partial charge in [0.2, 0.25) is 11.8 Å². The van der Waals surface area contributed by atoms with E-state index in [1.54, 1.807) is 53.4 Å². The molecule has 2 N–H and O–H groups in total. The van der Waals surface area contributed by atoms with Crippen LogP contribution in [0.4, 0.5) is 10.5 Å². The number of hydrogen-bond donors (Lipinski definition) is 2. The van der Waals surface area contributed by atoms with Crippen molar-refractivity contribution < 1.29 is 19.1 Å². The highest BCUT2D eigenvalue weighted by molar-refractivity contribution is 6.31. The molecule has 0 aliphatic carbocycles. The summed E-state index contributed by atoms with van der Waals surface area (Å²) in [6.45, 7) is 2.18. The van der Waals surface area contributed by atoms with E-state index in [4.69, 9.17) is 27.9 Å². The number of benzene rings is 2. The largest absolute Gasteiger partial charge is 0.370 e. The Labute approximate surface area is 208 Å². The van der Waals surface area contributed by atoms with Gasteiger partial charge in [0.05, 0.1) is 6.61 Å². The van der Waals surface area contributed by atoms with E-state index in [0.29, 0.717) is 60.4 Å². The van der Waals surface area contributed by atoms with Gasteiger partial charge in [-0.05, 0) is 43.2 Å². The lowest BCUT2D eigenvalue weighted by molar-refractivity contribution is -0.147. The Morgan fingerprint density at radius 2 is 1.71 bits per heavy atom. The summed E-state index contributed by atoms with van der Waals surface area (Å²) in [5, 5.41) is 6.44. The number of likely N-dealkylation sites (tertiary alicyclic amines) is 1. The number of amides is 4.